The summed E-state index contributed by atoms with van der Waals surface area (Å²) < 4.78 is 10.4. The van der Waals surface area contributed by atoms with Crippen LogP contribution >= 0.6 is 0 Å². The Labute approximate surface area is 125 Å². The molecule has 0 aliphatic rings. The van der Waals surface area contributed by atoms with Gasteiger partial charge in [-0.25, -0.2) is 0 Å². The molecular weight excluding hydrogens is 264 g/mol. The van der Waals surface area contributed by atoms with E-state index in [9.17, 15) is 4.79 Å². The average molecular weight is 284 g/mol. The minimum atomic E-state index is -0.137. The number of unbranched alkanes of at least 4 members (excludes halogenated alkanes) is 1. The quantitative estimate of drug-likeness (QED) is 0.559. The van der Waals surface area contributed by atoms with Crippen LogP contribution in [0.3, 0.4) is 0 Å². The van der Waals surface area contributed by atoms with Gasteiger partial charge >= 0.3 is 5.97 Å². The fraction of sp³-hybridized carbons (Fsp3) is 0.278. The van der Waals surface area contributed by atoms with Crippen molar-refractivity contribution in [3.05, 3.63) is 60.2 Å². The van der Waals surface area contributed by atoms with E-state index in [0.29, 0.717) is 6.42 Å². The number of aryl methyl sites for hydroxylation is 1. The Kier molecular flexibility index (Phi) is 5.83. The minimum absolute atomic E-state index is 0.137. The molecule has 0 saturated heterocycles. The summed E-state index contributed by atoms with van der Waals surface area (Å²) in [6.45, 7) is 0. The van der Waals surface area contributed by atoms with E-state index in [1.54, 1.807) is 0 Å². The number of ether oxygens (including phenoxy) is 2. The van der Waals surface area contributed by atoms with E-state index in [-0.39, 0.29) is 5.97 Å². The second-order valence-corrected chi connectivity index (χ2v) is 4.84. The molecule has 2 rings (SSSR count). The third-order valence-corrected chi connectivity index (χ3v) is 3.23. The van der Waals surface area contributed by atoms with Crippen LogP contribution in [0.4, 0.5) is 0 Å². The molecule has 0 fully saturated rings. The van der Waals surface area contributed by atoms with Crippen molar-refractivity contribution in [2.24, 2.45) is 0 Å². The monoisotopic (exact) mass is 284 g/mol. The maximum absolute atomic E-state index is 11.0. The highest BCUT2D eigenvalue weighted by Gasteiger charge is 2.01. The molecule has 0 bridgehead atoms. The number of benzene rings is 2. The lowest BCUT2D eigenvalue weighted by atomic mass is 10.1. The third-order valence-electron chi connectivity index (χ3n) is 3.23. The topological polar surface area (TPSA) is 35.5 Å². The lowest BCUT2D eigenvalue weighted by Gasteiger charge is -2.06. The number of hydrogen-bond donors (Lipinski definition) is 0. The van der Waals surface area contributed by atoms with Crippen LogP contribution in [-0.4, -0.2) is 13.1 Å². The fourth-order valence-corrected chi connectivity index (χ4v) is 2.05. The molecule has 0 N–H and O–H groups in total. The predicted octanol–water partition coefficient (Wildman–Crippen LogP) is 4.36. The summed E-state index contributed by atoms with van der Waals surface area (Å²) in [7, 11) is 1.42. The molecule has 2 aromatic rings. The number of para-hydroxylation sites is 1. The van der Waals surface area contributed by atoms with Crippen LogP contribution in [0.1, 0.15) is 24.8 Å². The van der Waals surface area contributed by atoms with Gasteiger partial charge in [-0.1, -0.05) is 30.3 Å². The zero-order chi connectivity index (χ0) is 14.9. The van der Waals surface area contributed by atoms with E-state index in [0.717, 1.165) is 30.8 Å². The number of carbonyl (C=O) groups is 1. The number of carbonyl (C=O) groups excluding carboxylic acids is 1. The molecular formula is C18H20O3. The van der Waals surface area contributed by atoms with Crippen molar-refractivity contribution in [3.63, 3.8) is 0 Å². The molecule has 0 amide bonds. The van der Waals surface area contributed by atoms with Gasteiger partial charge in [-0.3, -0.25) is 4.79 Å². The van der Waals surface area contributed by atoms with Crippen molar-refractivity contribution >= 4 is 5.97 Å². The van der Waals surface area contributed by atoms with Crippen LogP contribution < -0.4 is 4.74 Å². The molecule has 21 heavy (non-hydrogen) atoms. The Morgan fingerprint density at radius 2 is 1.57 bits per heavy atom. The normalized spacial score (nSPS) is 10.1. The van der Waals surface area contributed by atoms with Gasteiger partial charge in [0, 0.05) is 6.42 Å². The smallest absolute Gasteiger partial charge is 0.305 e. The zero-order valence-electron chi connectivity index (χ0n) is 12.2. The standard InChI is InChI=1S/C18H20O3/c1-20-18(19)10-6-5-7-15-11-13-17(14-12-15)21-16-8-3-2-4-9-16/h2-4,8-9,11-14H,5-7,10H2,1H3. The van der Waals surface area contributed by atoms with Crippen LogP contribution in [0.25, 0.3) is 0 Å². The minimum Gasteiger partial charge on any atom is -0.469 e. The van der Waals surface area contributed by atoms with Gasteiger partial charge in [0.25, 0.3) is 0 Å². The highest BCUT2D eigenvalue weighted by Crippen LogP contribution is 2.21. The van der Waals surface area contributed by atoms with Gasteiger partial charge in [-0.2, -0.15) is 0 Å². The van der Waals surface area contributed by atoms with Gasteiger partial charge in [-0.15, -0.1) is 0 Å². The van der Waals surface area contributed by atoms with Crippen molar-refractivity contribution in [1.82, 2.24) is 0 Å². The zero-order valence-corrected chi connectivity index (χ0v) is 12.2. The Balaban J connectivity index is 1.78. The van der Waals surface area contributed by atoms with E-state index in [1.165, 1.54) is 12.7 Å². The average Bonchev–Trinajstić information content (AvgIpc) is 2.54. The first-order chi connectivity index (χ1) is 10.3. The van der Waals surface area contributed by atoms with E-state index in [4.69, 9.17) is 4.74 Å². The summed E-state index contributed by atoms with van der Waals surface area (Å²) in [6.07, 6.45) is 3.29. The molecule has 0 radical (unpaired) electrons. The van der Waals surface area contributed by atoms with Crippen molar-refractivity contribution in [2.75, 3.05) is 7.11 Å². The lowest BCUT2D eigenvalue weighted by Crippen LogP contribution is -1.99. The van der Waals surface area contributed by atoms with Crippen molar-refractivity contribution in [1.29, 1.82) is 0 Å². The predicted molar refractivity (Wildman–Crippen MR) is 82.5 cm³/mol. The first-order valence-electron chi connectivity index (χ1n) is 7.16. The Morgan fingerprint density at radius 1 is 0.905 bits per heavy atom. The summed E-state index contributed by atoms with van der Waals surface area (Å²) in [5, 5.41) is 0. The molecule has 0 spiro atoms. The number of methoxy groups -OCH3 is 1. The second-order valence-electron chi connectivity index (χ2n) is 4.84. The van der Waals surface area contributed by atoms with Crippen LogP contribution in [0, 0.1) is 0 Å². The highest BCUT2D eigenvalue weighted by atomic mass is 16.5. The molecule has 0 aliphatic carbocycles. The SMILES string of the molecule is COC(=O)CCCCc1ccc(Oc2ccccc2)cc1. The molecule has 0 unspecified atom stereocenters. The number of esters is 1. The van der Waals surface area contributed by atoms with Crippen LogP contribution in [-0.2, 0) is 16.0 Å². The van der Waals surface area contributed by atoms with Crippen LogP contribution in [0.2, 0.25) is 0 Å². The van der Waals surface area contributed by atoms with E-state index < -0.39 is 0 Å². The van der Waals surface area contributed by atoms with Crippen molar-refractivity contribution in [3.8, 4) is 11.5 Å². The molecule has 2 aromatic carbocycles. The second kappa shape index (κ2) is 8.10. The van der Waals surface area contributed by atoms with Gasteiger partial charge in [0.2, 0.25) is 0 Å². The Hall–Kier alpha value is -2.29. The molecule has 0 saturated carbocycles. The number of rotatable bonds is 7. The summed E-state index contributed by atoms with van der Waals surface area (Å²) in [5.41, 5.74) is 1.25. The first kappa shape index (κ1) is 15.1. The van der Waals surface area contributed by atoms with Gasteiger partial charge < -0.3 is 9.47 Å². The number of hydrogen-bond acceptors (Lipinski definition) is 3. The van der Waals surface area contributed by atoms with E-state index >= 15 is 0 Å². The fourth-order valence-electron chi connectivity index (χ4n) is 2.05. The van der Waals surface area contributed by atoms with Gasteiger partial charge in [0.1, 0.15) is 11.5 Å². The first-order valence-corrected chi connectivity index (χ1v) is 7.16. The van der Waals surface area contributed by atoms with Gasteiger partial charge in [0.15, 0.2) is 0 Å². The molecule has 3 nitrogen and oxygen atoms in total. The maximum Gasteiger partial charge on any atom is 0.305 e. The Morgan fingerprint density at radius 3 is 2.24 bits per heavy atom. The molecule has 0 heterocycles. The third kappa shape index (κ3) is 5.30. The van der Waals surface area contributed by atoms with Crippen LogP contribution in [0.5, 0.6) is 11.5 Å². The largest absolute Gasteiger partial charge is 0.469 e. The summed E-state index contributed by atoms with van der Waals surface area (Å²) in [6, 6.07) is 17.8. The molecule has 110 valence electrons. The summed E-state index contributed by atoms with van der Waals surface area (Å²) in [4.78, 5) is 11.0. The summed E-state index contributed by atoms with van der Waals surface area (Å²) >= 11 is 0. The highest BCUT2D eigenvalue weighted by molar-refractivity contribution is 5.68. The van der Waals surface area contributed by atoms with Gasteiger partial charge in [0.05, 0.1) is 7.11 Å². The molecule has 0 aliphatic heterocycles. The maximum atomic E-state index is 11.0. The van der Waals surface area contributed by atoms with E-state index in [1.807, 2.05) is 42.5 Å². The Bertz CT molecular complexity index is 546. The van der Waals surface area contributed by atoms with Gasteiger partial charge in [-0.05, 0) is 49.1 Å². The lowest BCUT2D eigenvalue weighted by molar-refractivity contribution is -0.140. The van der Waals surface area contributed by atoms with E-state index in [2.05, 4.69) is 16.9 Å². The molecule has 0 atom stereocenters. The van der Waals surface area contributed by atoms with Crippen LogP contribution in [0.15, 0.2) is 54.6 Å². The van der Waals surface area contributed by atoms with Crippen molar-refractivity contribution < 1.29 is 14.3 Å². The molecule has 0 aromatic heterocycles. The van der Waals surface area contributed by atoms with Crippen molar-refractivity contribution in [2.45, 2.75) is 25.7 Å². The molecule has 3 heteroatoms. The summed E-state index contributed by atoms with van der Waals surface area (Å²) in [5.74, 6) is 1.53.